The van der Waals surface area contributed by atoms with Crippen molar-refractivity contribution in [3.05, 3.63) is 29.3 Å². The third-order valence-corrected chi connectivity index (χ3v) is 3.73. The molecule has 0 unspecified atom stereocenters. The lowest BCUT2D eigenvalue weighted by atomic mass is 10.1. The van der Waals surface area contributed by atoms with Crippen molar-refractivity contribution in [1.29, 1.82) is 0 Å². The van der Waals surface area contributed by atoms with Gasteiger partial charge < -0.3 is 0 Å². The van der Waals surface area contributed by atoms with Gasteiger partial charge in [-0.1, -0.05) is 12.1 Å². The number of nitrogens with one attached hydrogen (secondary N) is 1. The van der Waals surface area contributed by atoms with Crippen LogP contribution < -0.4 is 4.72 Å². The highest BCUT2D eigenvalue weighted by atomic mass is 32.2. The fourth-order valence-corrected chi connectivity index (χ4v) is 2.44. The predicted octanol–water partition coefficient (Wildman–Crippen LogP) is 0.737. The van der Waals surface area contributed by atoms with Crippen LogP contribution in [-0.2, 0) is 10.2 Å². The average Bonchev–Trinajstić information content (AvgIpc) is 2.17. The van der Waals surface area contributed by atoms with Crippen LogP contribution in [0.4, 0.5) is 5.69 Å². The molecule has 0 saturated carbocycles. The SMILES string of the molecule is Cc1cccc2c1NS(=O)(=O)N(C)C2=O. The molecule has 6 heteroatoms. The fourth-order valence-electron chi connectivity index (χ4n) is 1.46. The maximum absolute atomic E-state index is 11.7. The van der Waals surface area contributed by atoms with E-state index in [-0.39, 0.29) is 0 Å². The lowest BCUT2D eigenvalue weighted by molar-refractivity contribution is 0.0882. The molecule has 80 valence electrons. The van der Waals surface area contributed by atoms with Crippen LogP contribution in [0.5, 0.6) is 0 Å². The van der Waals surface area contributed by atoms with E-state index in [0.717, 1.165) is 5.56 Å². The summed E-state index contributed by atoms with van der Waals surface area (Å²) in [5, 5.41) is 0. The number of hydrogen-bond donors (Lipinski definition) is 1. The van der Waals surface area contributed by atoms with Gasteiger partial charge in [0.1, 0.15) is 0 Å². The maximum Gasteiger partial charge on any atom is 0.326 e. The molecule has 15 heavy (non-hydrogen) atoms. The van der Waals surface area contributed by atoms with E-state index in [1.165, 1.54) is 7.05 Å². The Morgan fingerprint density at radius 3 is 2.67 bits per heavy atom. The van der Waals surface area contributed by atoms with E-state index in [4.69, 9.17) is 0 Å². The summed E-state index contributed by atoms with van der Waals surface area (Å²) in [6, 6.07) is 5.07. The monoisotopic (exact) mass is 226 g/mol. The Labute approximate surface area is 87.9 Å². The standard InChI is InChI=1S/C9H10N2O3S/c1-6-4-3-5-7-8(6)10-15(13,14)11(2)9(7)12/h3-5,10H,1-2H3. The van der Waals surface area contributed by atoms with Crippen LogP contribution in [0.25, 0.3) is 0 Å². The van der Waals surface area contributed by atoms with Gasteiger partial charge in [0, 0.05) is 7.05 Å². The molecule has 0 bridgehead atoms. The smallest absolute Gasteiger partial charge is 0.268 e. The zero-order valence-corrected chi connectivity index (χ0v) is 9.13. The van der Waals surface area contributed by atoms with E-state index in [1.54, 1.807) is 25.1 Å². The van der Waals surface area contributed by atoms with E-state index >= 15 is 0 Å². The molecule has 1 aromatic rings. The summed E-state index contributed by atoms with van der Waals surface area (Å²) >= 11 is 0. The number of anilines is 1. The second-order valence-electron chi connectivity index (χ2n) is 3.38. The quantitative estimate of drug-likeness (QED) is 0.709. The number of nitrogens with zero attached hydrogens (tertiary/aromatic N) is 1. The molecular weight excluding hydrogens is 216 g/mol. The second kappa shape index (κ2) is 2.96. The van der Waals surface area contributed by atoms with Crippen LogP contribution in [0.3, 0.4) is 0 Å². The van der Waals surface area contributed by atoms with Gasteiger partial charge in [-0.05, 0) is 18.6 Å². The maximum atomic E-state index is 11.7. The number of carbonyl (C=O) groups excluding carboxylic acids is 1. The van der Waals surface area contributed by atoms with E-state index in [1.807, 2.05) is 0 Å². The fraction of sp³-hybridized carbons (Fsp3) is 0.222. The van der Waals surface area contributed by atoms with Gasteiger partial charge in [-0.25, -0.2) is 4.31 Å². The molecule has 0 atom stereocenters. The molecule has 0 saturated heterocycles. The largest absolute Gasteiger partial charge is 0.326 e. The molecule has 1 aromatic carbocycles. The van der Waals surface area contributed by atoms with Crippen molar-refractivity contribution in [2.75, 3.05) is 11.8 Å². The number of amides is 1. The van der Waals surface area contributed by atoms with Gasteiger partial charge in [0.05, 0.1) is 11.3 Å². The number of fused-ring (bicyclic) bond motifs is 1. The minimum absolute atomic E-state index is 0.376. The normalized spacial score (nSPS) is 18.3. The number of hydrogen-bond acceptors (Lipinski definition) is 3. The first-order valence-corrected chi connectivity index (χ1v) is 5.78. The summed E-state index contributed by atoms with van der Waals surface area (Å²) in [4.78, 5) is 11.7. The molecule has 0 radical (unpaired) electrons. The first-order chi connectivity index (χ1) is 6.93. The number of benzene rings is 1. The van der Waals surface area contributed by atoms with Gasteiger partial charge in [-0.2, -0.15) is 8.42 Å². The second-order valence-corrected chi connectivity index (χ2v) is 5.08. The lowest BCUT2D eigenvalue weighted by Gasteiger charge is -2.26. The molecule has 1 aliphatic heterocycles. The van der Waals surface area contributed by atoms with Gasteiger partial charge in [0.2, 0.25) is 0 Å². The van der Waals surface area contributed by atoms with Crippen molar-refractivity contribution in [3.8, 4) is 0 Å². The first-order valence-electron chi connectivity index (χ1n) is 4.34. The van der Waals surface area contributed by atoms with Crippen LogP contribution in [0.1, 0.15) is 15.9 Å². The molecule has 2 rings (SSSR count). The Morgan fingerprint density at radius 1 is 1.33 bits per heavy atom. The zero-order chi connectivity index (χ0) is 11.2. The van der Waals surface area contributed by atoms with Crippen LogP contribution in [0.2, 0.25) is 0 Å². The summed E-state index contributed by atoms with van der Waals surface area (Å²) in [7, 11) is -2.48. The van der Waals surface area contributed by atoms with E-state index < -0.39 is 16.1 Å². The average molecular weight is 226 g/mol. The summed E-state index contributed by atoms with van der Waals surface area (Å²) in [6.07, 6.45) is 0. The molecule has 5 nitrogen and oxygen atoms in total. The van der Waals surface area contributed by atoms with Crippen LogP contribution in [0, 0.1) is 6.92 Å². The third-order valence-electron chi connectivity index (χ3n) is 2.38. The van der Waals surface area contributed by atoms with Crippen molar-refractivity contribution < 1.29 is 13.2 Å². The number of para-hydroxylation sites is 1. The topological polar surface area (TPSA) is 66.5 Å². The molecule has 0 aromatic heterocycles. The highest BCUT2D eigenvalue weighted by molar-refractivity contribution is 7.91. The lowest BCUT2D eigenvalue weighted by Crippen LogP contribution is -2.42. The predicted molar refractivity (Wildman–Crippen MR) is 55.8 cm³/mol. The Kier molecular flexibility index (Phi) is 1.97. The van der Waals surface area contributed by atoms with Gasteiger partial charge in [-0.15, -0.1) is 0 Å². The molecular formula is C9H10N2O3S. The summed E-state index contributed by atoms with van der Waals surface area (Å²) in [5.41, 5.74) is 1.49. The van der Waals surface area contributed by atoms with Crippen LogP contribution >= 0.6 is 0 Å². The van der Waals surface area contributed by atoms with Crippen molar-refractivity contribution >= 4 is 21.8 Å². The highest BCUT2D eigenvalue weighted by Gasteiger charge is 2.32. The molecule has 0 fully saturated rings. The van der Waals surface area contributed by atoms with Crippen molar-refractivity contribution in [3.63, 3.8) is 0 Å². The van der Waals surface area contributed by atoms with Gasteiger partial charge in [0.25, 0.3) is 5.91 Å². The number of carbonyl (C=O) groups is 1. The number of aryl methyl sites for hydroxylation is 1. The Morgan fingerprint density at radius 2 is 2.00 bits per heavy atom. The third kappa shape index (κ3) is 1.37. The van der Waals surface area contributed by atoms with Crippen molar-refractivity contribution in [1.82, 2.24) is 4.31 Å². The number of rotatable bonds is 0. The van der Waals surface area contributed by atoms with Gasteiger partial charge >= 0.3 is 10.2 Å². The minimum Gasteiger partial charge on any atom is -0.268 e. The highest BCUT2D eigenvalue weighted by Crippen LogP contribution is 2.28. The molecule has 1 N–H and O–H groups in total. The van der Waals surface area contributed by atoms with Crippen LogP contribution in [-0.4, -0.2) is 25.7 Å². The Hall–Kier alpha value is -1.56. The van der Waals surface area contributed by atoms with E-state index in [2.05, 4.69) is 4.72 Å². The van der Waals surface area contributed by atoms with E-state index in [0.29, 0.717) is 15.6 Å². The summed E-state index contributed by atoms with van der Waals surface area (Å²) < 4.78 is 26.1. The summed E-state index contributed by atoms with van der Waals surface area (Å²) in [6.45, 7) is 1.75. The minimum atomic E-state index is -3.71. The Balaban J connectivity index is 2.71. The van der Waals surface area contributed by atoms with Crippen LogP contribution in [0.15, 0.2) is 18.2 Å². The molecule has 1 amide bonds. The van der Waals surface area contributed by atoms with Crippen molar-refractivity contribution in [2.24, 2.45) is 0 Å². The molecule has 1 heterocycles. The van der Waals surface area contributed by atoms with Gasteiger partial charge in [-0.3, -0.25) is 9.52 Å². The van der Waals surface area contributed by atoms with E-state index in [9.17, 15) is 13.2 Å². The molecule has 0 spiro atoms. The van der Waals surface area contributed by atoms with Crippen molar-refractivity contribution in [2.45, 2.75) is 6.92 Å². The zero-order valence-electron chi connectivity index (χ0n) is 8.31. The molecule has 0 aliphatic carbocycles. The summed E-state index contributed by atoms with van der Waals surface area (Å²) in [5.74, 6) is -0.507. The van der Waals surface area contributed by atoms with Gasteiger partial charge in [0.15, 0.2) is 0 Å². The first kappa shape index (κ1) is 9.97. The molecule has 1 aliphatic rings. The Bertz CT molecular complexity index is 536.